The van der Waals surface area contributed by atoms with Crippen molar-refractivity contribution in [1.29, 1.82) is 0 Å². The zero-order chi connectivity index (χ0) is 15.2. The van der Waals surface area contributed by atoms with Crippen molar-refractivity contribution in [3.63, 3.8) is 0 Å². The van der Waals surface area contributed by atoms with Crippen molar-refractivity contribution in [2.45, 2.75) is 51.6 Å². The molecule has 1 saturated carbocycles. The molecule has 0 unspecified atom stereocenters. The van der Waals surface area contributed by atoms with Gasteiger partial charge in [-0.2, -0.15) is 0 Å². The molecular weight excluding hydrogens is 264 g/mol. The summed E-state index contributed by atoms with van der Waals surface area (Å²) in [4.78, 5) is 12.7. The summed E-state index contributed by atoms with van der Waals surface area (Å²) < 4.78 is 5.12. The van der Waals surface area contributed by atoms with E-state index in [2.05, 4.69) is 0 Å². The Morgan fingerprint density at radius 2 is 1.86 bits per heavy atom. The van der Waals surface area contributed by atoms with Crippen molar-refractivity contribution in [1.82, 2.24) is 0 Å². The van der Waals surface area contributed by atoms with Crippen molar-refractivity contribution in [3.05, 3.63) is 29.8 Å². The molecule has 3 heteroatoms. The van der Waals surface area contributed by atoms with Crippen LogP contribution in [0.3, 0.4) is 0 Å². The largest absolute Gasteiger partial charge is 0.497 e. The van der Waals surface area contributed by atoms with Gasteiger partial charge < -0.3 is 9.84 Å². The van der Waals surface area contributed by atoms with Gasteiger partial charge in [-0.25, -0.2) is 0 Å². The third-order valence-electron chi connectivity index (χ3n) is 4.70. The number of ketones is 1. The highest BCUT2D eigenvalue weighted by Crippen LogP contribution is 2.32. The quantitative estimate of drug-likeness (QED) is 0.810. The molecule has 116 valence electrons. The second kappa shape index (κ2) is 7.60. The molecule has 1 aliphatic carbocycles. The molecule has 1 fully saturated rings. The molecule has 2 rings (SSSR count). The Morgan fingerprint density at radius 1 is 1.24 bits per heavy atom. The first-order chi connectivity index (χ1) is 10.2. The molecule has 0 amide bonds. The van der Waals surface area contributed by atoms with Gasteiger partial charge in [0.1, 0.15) is 5.75 Å². The second-order valence-electron chi connectivity index (χ2n) is 6.00. The molecular formula is C18H26O3. The van der Waals surface area contributed by atoms with Gasteiger partial charge in [0.2, 0.25) is 0 Å². The van der Waals surface area contributed by atoms with E-state index in [-0.39, 0.29) is 17.6 Å². The molecule has 3 nitrogen and oxygen atoms in total. The number of hydrogen-bond acceptors (Lipinski definition) is 3. The molecule has 2 atom stereocenters. The van der Waals surface area contributed by atoms with Crippen LogP contribution in [0.4, 0.5) is 0 Å². The molecule has 0 heterocycles. The Morgan fingerprint density at radius 3 is 2.38 bits per heavy atom. The van der Waals surface area contributed by atoms with Crippen LogP contribution in [-0.4, -0.2) is 24.1 Å². The summed E-state index contributed by atoms with van der Waals surface area (Å²) in [6.07, 6.45) is 5.88. The number of aliphatic hydroxyl groups excluding tert-OH is 1. The fraction of sp³-hybridized carbons (Fsp3) is 0.611. The van der Waals surface area contributed by atoms with E-state index in [1.807, 2.05) is 6.92 Å². The normalized spacial score (nSPS) is 19.0. The van der Waals surface area contributed by atoms with Crippen molar-refractivity contribution in [2.75, 3.05) is 7.11 Å². The van der Waals surface area contributed by atoms with Crippen molar-refractivity contribution < 1.29 is 14.6 Å². The van der Waals surface area contributed by atoms with E-state index in [9.17, 15) is 9.90 Å². The molecule has 0 radical (unpaired) electrons. The first kappa shape index (κ1) is 16.0. The second-order valence-corrected chi connectivity index (χ2v) is 6.00. The minimum atomic E-state index is -0.509. The molecule has 0 aromatic heterocycles. The number of rotatable bonds is 6. The van der Waals surface area contributed by atoms with Crippen LogP contribution in [0.2, 0.25) is 0 Å². The van der Waals surface area contributed by atoms with Crippen LogP contribution in [0.25, 0.3) is 0 Å². The van der Waals surface area contributed by atoms with Crippen molar-refractivity contribution in [3.8, 4) is 5.75 Å². The molecule has 0 saturated heterocycles. The summed E-state index contributed by atoms with van der Waals surface area (Å²) in [7, 11) is 1.61. The first-order valence-electron chi connectivity index (χ1n) is 8.03. The van der Waals surface area contributed by atoms with Gasteiger partial charge in [0, 0.05) is 11.5 Å². The summed E-state index contributed by atoms with van der Waals surface area (Å²) >= 11 is 0. The number of benzene rings is 1. The number of Topliss-reactive ketones (excluding diaryl/α,β-unsaturated/α-hetero) is 1. The predicted octanol–water partition coefficient (Wildman–Crippen LogP) is 3.85. The van der Waals surface area contributed by atoms with Gasteiger partial charge in [0.15, 0.2) is 5.78 Å². The average molecular weight is 290 g/mol. The van der Waals surface area contributed by atoms with Crippen molar-refractivity contribution in [2.24, 2.45) is 11.8 Å². The fourth-order valence-electron chi connectivity index (χ4n) is 3.36. The van der Waals surface area contributed by atoms with Gasteiger partial charge in [-0.1, -0.05) is 26.2 Å². The molecule has 1 aliphatic rings. The standard InChI is InChI=1S/C18H26O3/c1-3-16(17(19)13-7-5-4-6-8-13)18(20)14-9-11-15(21-2)12-10-14/h9-13,16-17,19H,3-8H2,1-2H3/t16-,17+/m0/s1. The van der Waals surface area contributed by atoms with Crippen LogP contribution in [0.1, 0.15) is 55.8 Å². The number of ether oxygens (including phenoxy) is 1. The van der Waals surface area contributed by atoms with E-state index >= 15 is 0 Å². The third-order valence-corrected chi connectivity index (χ3v) is 4.70. The van der Waals surface area contributed by atoms with Crippen LogP contribution in [-0.2, 0) is 0 Å². The van der Waals surface area contributed by atoms with E-state index in [4.69, 9.17) is 4.74 Å². The third kappa shape index (κ3) is 3.85. The Bertz CT molecular complexity index is 446. The van der Waals surface area contributed by atoms with Gasteiger partial charge in [-0.15, -0.1) is 0 Å². The van der Waals surface area contributed by atoms with Crippen molar-refractivity contribution >= 4 is 5.78 Å². The van der Waals surface area contributed by atoms with Gasteiger partial charge in [0.25, 0.3) is 0 Å². The lowest BCUT2D eigenvalue weighted by Gasteiger charge is -2.31. The highest BCUT2D eigenvalue weighted by Gasteiger charge is 2.32. The van der Waals surface area contributed by atoms with Gasteiger partial charge in [0.05, 0.1) is 13.2 Å². The van der Waals surface area contributed by atoms with Crippen LogP contribution < -0.4 is 4.74 Å². The van der Waals surface area contributed by atoms with Gasteiger partial charge in [-0.3, -0.25) is 4.79 Å². The maximum Gasteiger partial charge on any atom is 0.168 e. The lowest BCUT2D eigenvalue weighted by atomic mass is 9.77. The molecule has 0 aliphatic heterocycles. The minimum absolute atomic E-state index is 0.0539. The molecule has 1 aromatic rings. The van der Waals surface area contributed by atoms with E-state index in [1.54, 1.807) is 31.4 Å². The average Bonchev–Trinajstić information content (AvgIpc) is 2.56. The summed E-state index contributed by atoms with van der Waals surface area (Å²) in [5, 5.41) is 10.6. The Balaban J connectivity index is 2.09. The molecule has 21 heavy (non-hydrogen) atoms. The summed E-state index contributed by atoms with van der Waals surface area (Å²) in [5.74, 6) is 0.790. The Labute approximate surface area is 127 Å². The monoisotopic (exact) mass is 290 g/mol. The first-order valence-corrected chi connectivity index (χ1v) is 8.03. The molecule has 0 bridgehead atoms. The number of methoxy groups -OCH3 is 1. The Hall–Kier alpha value is -1.35. The highest BCUT2D eigenvalue weighted by atomic mass is 16.5. The van der Waals surface area contributed by atoms with Crippen LogP contribution in [0.15, 0.2) is 24.3 Å². The molecule has 0 spiro atoms. The Kier molecular flexibility index (Phi) is 5.80. The number of carbonyl (C=O) groups is 1. The highest BCUT2D eigenvalue weighted by molar-refractivity contribution is 5.98. The zero-order valence-corrected chi connectivity index (χ0v) is 13.0. The lowest BCUT2D eigenvalue weighted by Crippen LogP contribution is -2.35. The predicted molar refractivity (Wildman–Crippen MR) is 83.7 cm³/mol. The van der Waals surface area contributed by atoms with E-state index in [1.165, 1.54) is 19.3 Å². The number of aliphatic hydroxyl groups is 1. The fourth-order valence-corrected chi connectivity index (χ4v) is 3.36. The smallest absolute Gasteiger partial charge is 0.168 e. The maximum atomic E-state index is 12.7. The van der Waals surface area contributed by atoms with Gasteiger partial charge in [-0.05, 0) is 49.4 Å². The van der Waals surface area contributed by atoms with Crippen LogP contribution in [0, 0.1) is 11.8 Å². The number of hydrogen-bond donors (Lipinski definition) is 1. The molecule has 1 N–H and O–H groups in total. The van der Waals surface area contributed by atoms with E-state index in [0.29, 0.717) is 12.0 Å². The number of carbonyl (C=O) groups excluding carboxylic acids is 1. The summed E-state index contributed by atoms with van der Waals surface area (Å²) in [6, 6.07) is 7.18. The van der Waals surface area contributed by atoms with Gasteiger partial charge >= 0.3 is 0 Å². The van der Waals surface area contributed by atoms with Crippen LogP contribution in [0.5, 0.6) is 5.75 Å². The molecule has 1 aromatic carbocycles. The lowest BCUT2D eigenvalue weighted by molar-refractivity contribution is 0.0299. The van der Waals surface area contributed by atoms with E-state index < -0.39 is 6.10 Å². The van der Waals surface area contributed by atoms with Crippen LogP contribution >= 0.6 is 0 Å². The zero-order valence-electron chi connectivity index (χ0n) is 13.0. The minimum Gasteiger partial charge on any atom is -0.497 e. The summed E-state index contributed by atoms with van der Waals surface area (Å²) in [5.41, 5.74) is 0.664. The van der Waals surface area contributed by atoms with E-state index in [0.717, 1.165) is 18.6 Å². The SMILES string of the molecule is CC[C@H](C(=O)c1ccc(OC)cc1)[C@H](O)C1CCCCC1. The topological polar surface area (TPSA) is 46.5 Å². The summed E-state index contributed by atoms with van der Waals surface area (Å²) in [6.45, 7) is 1.98. The maximum absolute atomic E-state index is 12.7.